The van der Waals surface area contributed by atoms with Crippen LogP contribution in [0.2, 0.25) is 0 Å². The minimum absolute atomic E-state index is 0.217. The lowest BCUT2D eigenvalue weighted by Crippen LogP contribution is -2.17. The maximum atomic E-state index is 12.3. The van der Waals surface area contributed by atoms with Gasteiger partial charge in [0.25, 0.3) is 0 Å². The number of anilines is 2. The molecule has 0 atom stereocenters. The van der Waals surface area contributed by atoms with Crippen LogP contribution in [0.4, 0.5) is 24.5 Å². The smallest absolute Gasteiger partial charge is 0.494 e. The van der Waals surface area contributed by atoms with E-state index in [0.29, 0.717) is 17.9 Å². The lowest BCUT2D eigenvalue weighted by molar-refractivity contribution is -0.274. The predicted molar refractivity (Wildman–Crippen MR) is 91.8 cm³/mol. The summed E-state index contributed by atoms with van der Waals surface area (Å²) in [6.07, 6.45) is -1.23. The molecule has 2 heterocycles. The van der Waals surface area contributed by atoms with E-state index in [1.165, 1.54) is 25.3 Å². The highest BCUT2D eigenvalue weighted by molar-refractivity contribution is 5.83. The van der Waals surface area contributed by atoms with Crippen LogP contribution in [0, 0.1) is 0 Å². The average molecular weight is 366 g/mol. The molecule has 3 aromatic rings. The number of H-pyrrole nitrogens is 1. The van der Waals surface area contributed by atoms with Gasteiger partial charge in [0.15, 0.2) is 0 Å². The van der Waals surface area contributed by atoms with Crippen LogP contribution in [-0.2, 0) is 6.54 Å². The van der Waals surface area contributed by atoms with Crippen molar-refractivity contribution in [2.45, 2.75) is 12.9 Å². The third-order valence-corrected chi connectivity index (χ3v) is 3.65. The number of rotatable bonds is 6. The molecule has 6 nitrogen and oxygen atoms in total. The first-order valence-electron chi connectivity index (χ1n) is 7.71. The Kier molecular flexibility index (Phi) is 4.90. The molecule has 0 saturated carbocycles. The van der Waals surface area contributed by atoms with E-state index in [0.717, 1.165) is 16.6 Å². The molecule has 0 aliphatic carbocycles. The molecule has 0 spiro atoms. The molecule has 0 saturated heterocycles. The van der Waals surface area contributed by atoms with E-state index >= 15 is 0 Å². The molecule has 0 bridgehead atoms. The van der Waals surface area contributed by atoms with Crippen LogP contribution < -0.4 is 20.1 Å². The molecule has 3 rings (SSSR count). The van der Waals surface area contributed by atoms with Gasteiger partial charge in [0, 0.05) is 24.4 Å². The van der Waals surface area contributed by atoms with Gasteiger partial charge in [0.2, 0.25) is 0 Å². The van der Waals surface area contributed by atoms with Crippen LogP contribution in [0.5, 0.6) is 11.5 Å². The summed E-state index contributed by atoms with van der Waals surface area (Å²) in [5, 5.41) is 6.16. The summed E-state index contributed by atoms with van der Waals surface area (Å²) in [5.41, 5.74) is 3.89. The molecule has 2 aromatic heterocycles. The Morgan fingerprint density at radius 2 is 2.04 bits per heavy atom. The maximum absolute atomic E-state index is 12.3. The molecule has 0 radical (unpaired) electrons. The number of fused-ring (bicyclic) bond motifs is 1. The number of aromatic nitrogens is 2. The average Bonchev–Trinajstić information content (AvgIpc) is 2.97. The second kappa shape index (κ2) is 7.12. The highest BCUT2D eigenvalue weighted by Gasteiger charge is 2.31. The van der Waals surface area contributed by atoms with E-state index < -0.39 is 6.36 Å². The summed E-state index contributed by atoms with van der Waals surface area (Å²) in [6.45, 7) is 0.689. The number of hydrogen-bond acceptors (Lipinski definition) is 5. The second-order valence-corrected chi connectivity index (χ2v) is 5.50. The summed E-state index contributed by atoms with van der Waals surface area (Å²) >= 11 is 0. The second-order valence-electron chi connectivity index (χ2n) is 5.50. The highest BCUT2D eigenvalue weighted by atomic mass is 19.4. The van der Waals surface area contributed by atoms with E-state index in [1.54, 1.807) is 6.20 Å². The van der Waals surface area contributed by atoms with E-state index in [4.69, 9.17) is 4.74 Å². The molecule has 0 aliphatic rings. The number of nitrogens with one attached hydrogen (secondary N) is 3. The fourth-order valence-corrected chi connectivity index (χ4v) is 2.58. The lowest BCUT2D eigenvalue weighted by Gasteiger charge is -2.14. The zero-order valence-corrected chi connectivity index (χ0v) is 14.1. The standard InChI is InChI=1S/C17H17F3N4O2/c1-21-7-10-8-22-14-5-11(9-23-16(10)14)24-13-4-3-12(6-15(13)25-2)26-17(18,19)20/h3-6,8-9,21-22,24H,7H2,1-2H3. The zero-order valence-electron chi connectivity index (χ0n) is 14.1. The van der Waals surface area contributed by atoms with Crippen molar-refractivity contribution in [3.05, 3.63) is 42.2 Å². The summed E-state index contributed by atoms with van der Waals surface area (Å²) in [6, 6.07) is 5.69. The Morgan fingerprint density at radius 1 is 1.23 bits per heavy atom. The lowest BCUT2D eigenvalue weighted by atomic mass is 10.2. The van der Waals surface area contributed by atoms with Crippen LogP contribution in [0.25, 0.3) is 11.0 Å². The first kappa shape index (κ1) is 17.9. The number of benzene rings is 1. The first-order chi connectivity index (χ1) is 12.4. The van der Waals surface area contributed by atoms with Crippen LogP contribution in [0.3, 0.4) is 0 Å². The number of pyridine rings is 1. The highest BCUT2D eigenvalue weighted by Crippen LogP contribution is 2.34. The van der Waals surface area contributed by atoms with Gasteiger partial charge in [-0.2, -0.15) is 0 Å². The molecule has 3 N–H and O–H groups in total. The van der Waals surface area contributed by atoms with Gasteiger partial charge in [-0.15, -0.1) is 13.2 Å². The molecule has 0 unspecified atom stereocenters. The van der Waals surface area contributed by atoms with Gasteiger partial charge in [-0.1, -0.05) is 0 Å². The fraction of sp³-hybridized carbons (Fsp3) is 0.235. The molecule has 0 aliphatic heterocycles. The number of ether oxygens (including phenoxy) is 2. The van der Waals surface area contributed by atoms with Gasteiger partial charge in [-0.3, -0.25) is 4.98 Å². The number of alkyl halides is 3. The third kappa shape index (κ3) is 3.99. The van der Waals surface area contributed by atoms with Crippen LogP contribution >= 0.6 is 0 Å². The monoisotopic (exact) mass is 366 g/mol. The van der Waals surface area contributed by atoms with Crippen LogP contribution in [-0.4, -0.2) is 30.5 Å². The minimum Gasteiger partial charge on any atom is -0.494 e. The topological polar surface area (TPSA) is 71.2 Å². The predicted octanol–water partition coefficient (Wildman–Crippen LogP) is 3.93. The summed E-state index contributed by atoms with van der Waals surface area (Å²) in [5.74, 6) is -0.135. The van der Waals surface area contributed by atoms with Gasteiger partial charge in [0.05, 0.1) is 35.7 Å². The Bertz CT molecular complexity index is 909. The Labute approximate surface area is 147 Å². The van der Waals surface area contributed by atoms with E-state index in [-0.39, 0.29) is 11.5 Å². The first-order valence-corrected chi connectivity index (χ1v) is 7.71. The van der Waals surface area contributed by atoms with Crippen LogP contribution in [0.15, 0.2) is 36.7 Å². The largest absolute Gasteiger partial charge is 0.573 e. The SMILES string of the molecule is CNCc1c[nH]c2cc(Nc3ccc(OC(F)(F)F)cc3OC)cnc12. The van der Waals surface area contributed by atoms with Crippen molar-refractivity contribution in [3.8, 4) is 11.5 Å². The molecular formula is C17H17F3N4O2. The zero-order chi connectivity index (χ0) is 18.7. The molecule has 138 valence electrons. The molecule has 9 heteroatoms. The minimum atomic E-state index is -4.76. The fourth-order valence-electron chi connectivity index (χ4n) is 2.58. The Balaban J connectivity index is 1.85. The van der Waals surface area contributed by atoms with Gasteiger partial charge < -0.3 is 25.1 Å². The summed E-state index contributed by atoms with van der Waals surface area (Å²) < 4.78 is 46.1. The van der Waals surface area contributed by atoms with Crippen molar-refractivity contribution in [2.24, 2.45) is 0 Å². The van der Waals surface area contributed by atoms with E-state index in [1.807, 2.05) is 19.3 Å². The van der Waals surface area contributed by atoms with Crippen molar-refractivity contribution in [1.29, 1.82) is 0 Å². The number of aromatic amines is 1. The Hall–Kier alpha value is -2.94. The van der Waals surface area contributed by atoms with Gasteiger partial charge >= 0.3 is 6.36 Å². The van der Waals surface area contributed by atoms with Crippen molar-refractivity contribution in [3.63, 3.8) is 0 Å². The molecule has 1 aromatic carbocycles. The van der Waals surface area contributed by atoms with Crippen molar-refractivity contribution in [2.75, 3.05) is 19.5 Å². The van der Waals surface area contributed by atoms with Gasteiger partial charge in [0.1, 0.15) is 11.5 Å². The van der Waals surface area contributed by atoms with Crippen molar-refractivity contribution >= 4 is 22.4 Å². The van der Waals surface area contributed by atoms with Crippen LogP contribution in [0.1, 0.15) is 5.56 Å². The van der Waals surface area contributed by atoms with Gasteiger partial charge in [-0.25, -0.2) is 0 Å². The third-order valence-electron chi connectivity index (χ3n) is 3.65. The number of nitrogens with zero attached hydrogens (tertiary/aromatic N) is 1. The molecule has 26 heavy (non-hydrogen) atoms. The molecule has 0 fully saturated rings. The number of hydrogen-bond donors (Lipinski definition) is 3. The molecule has 0 amide bonds. The quantitative estimate of drug-likeness (QED) is 0.617. The van der Waals surface area contributed by atoms with Crippen molar-refractivity contribution < 1.29 is 22.6 Å². The normalized spacial score (nSPS) is 11.6. The summed E-state index contributed by atoms with van der Waals surface area (Å²) in [4.78, 5) is 7.57. The number of halogens is 3. The number of methoxy groups -OCH3 is 1. The molecular weight excluding hydrogens is 349 g/mol. The van der Waals surface area contributed by atoms with E-state index in [2.05, 4.69) is 25.3 Å². The Morgan fingerprint density at radius 3 is 2.73 bits per heavy atom. The van der Waals surface area contributed by atoms with E-state index in [9.17, 15) is 13.2 Å². The maximum Gasteiger partial charge on any atom is 0.573 e. The summed E-state index contributed by atoms with van der Waals surface area (Å²) in [7, 11) is 3.22. The van der Waals surface area contributed by atoms with Crippen molar-refractivity contribution in [1.82, 2.24) is 15.3 Å². The van der Waals surface area contributed by atoms with Gasteiger partial charge in [-0.05, 0) is 25.2 Å².